The first-order chi connectivity index (χ1) is 7.24. The molecule has 0 aliphatic heterocycles. The average molecular weight is 211 g/mol. The van der Waals surface area contributed by atoms with Crippen LogP contribution < -0.4 is 11.1 Å². The summed E-state index contributed by atoms with van der Waals surface area (Å²) >= 11 is 0. The van der Waals surface area contributed by atoms with Crippen molar-refractivity contribution in [1.29, 1.82) is 0 Å². The van der Waals surface area contributed by atoms with Crippen LogP contribution in [-0.2, 0) is 4.74 Å². The van der Waals surface area contributed by atoms with Crippen LogP contribution in [0, 0.1) is 0 Å². The molecule has 2 aliphatic carbocycles. The van der Waals surface area contributed by atoms with Crippen molar-refractivity contribution < 1.29 is 4.74 Å². The number of aliphatic imine (C=N–C) groups is 1. The Hall–Kier alpha value is -0.770. The number of hydrogen-bond donors (Lipinski definition) is 2. The van der Waals surface area contributed by atoms with Crippen LogP contribution >= 0.6 is 0 Å². The van der Waals surface area contributed by atoms with Crippen molar-refractivity contribution in [2.24, 2.45) is 10.7 Å². The summed E-state index contributed by atoms with van der Waals surface area (Å²) in [7, 11) is 1.80. The Labute approximate surface area is 91.3 Å². The van der Waals surface area contributed by atoms with Gasteiger partial charge in [-0.05, 0) is 38.5 Å². The second kappa shape index (κ2) is 4.39. The van der Waals surface area contributed by atoms with E-state index in [2.05, 4.69) is 10.3 Å². The van der Waals surface area contributed by atoms with Crippen LogP contribution in [0.15, 0.2) is 4.99 Å². The van der Waals surface area contributed by atoms with E-state index in [1.54, 1.807) is 7.11 Å². The van der Waals surface area contributed by atoms with Crippen LogP contribution in [-0.4, -0.2) is 31.3 Å². The zero-order chi connectivity index (χ0) is 10.7. The smallest absolute Gasteiger partial charge is 0.188 e. The van der Waals surface area contributed by atoms with Crippen LogP contribution in [0.25, 0.3) is 0 Å². The number of nitrogens with two attached hydrogens (primary N) is 1. The number of ether oxygens (including phenoxy) is 1. The Kier molecular flexibility index (Phi) is 3.14. The highest BCUT2D eigenvalue weighted by Crippen LogP contribution is 2.37. The van der Waals surface area contributed by atoms with Crippen LogP contribution in [0.4, 0.5) is 0 Å². The highest BCUT2D eigenvalue weighted by Gasteiger charge is 2.36. The summed E-state index contributed by atoms with van der Waals surface area (Å²) in [6.07, 6.45) is 7.10. The molecule has 2 fully saturated rings. The Bertz CT molecular complexity index is 239. The van der Waals surface area contributed by atoms with E-state index in [4.69, 9.17) is 10.5 Å². The highest BCUT2D eigenvalue weighted by molar-refractivity contribution is 5.78. The van der Waals surface area contributed by atoms with Crippen molar-refractivity contribution in [2.75, 3.05) is 13.7 Å². The summed E-state index contributed by atoms with van der Waals surface area (Å²) in [6.45, 7) is 0.777. The molecule has 3 N–H and O–H groups in total. The molecular weight excluding hydrogens is 190 g/mol. The average Bonchev–Trinajstić information content (AvgIpc) is 2.93. The SMILES string of the molecule is COC1(CCN=C(N)NC2CC2)CCC1. The molecule has 0 radical (unpaired) electrons. The van der Waals surface area contributed by atoms with Gasteiger partial charge in [-0.25, -0.2) is 0 Å². The van der Waals surface area contributed by atoms with E-state index in [0.29, 0.717) is 12.0 Å². The van der Waals surface area contributed by atoms with E-state index in [1.165, 1.54) is 32.1 Å². The first kappa shape index (κ1) is 10.7. The van der Waals surface area contributed by atoms with Gasteiger partial charge < -0.3 is 15.8 Å². The molecular formula is C11H21N3O. The monoisotopic (exact) mass is 211 g/mol. The van der Waals surface area contributed by atoms with Crippen molar-refractivity contribution in [2.45, 2.75) is 50.2 Å². The van der Waals surface area contributed by atoms with Crippen LogP contribution in [0.2, 0.25) is 0 Å². The molecule has 0 amide bonds. The minimum absolute atomic E-state index is 0.114. The molecule has 2 aliphatic rings. The largest absolute Gasteiger partial charge is 0.378 e. The molecule has 2 saturated carbocycles. The fourth-order valence-corrected chi connectivity index (χ4v) is 1.99. The molecule has 0 aromatic heterocycles. The van der Waals surface area contributed by atoms with Gasteiger partial charge in [-0.2, -0.15) is 0 Å². The minimum Gasteiger partial charge on any atom is -0.378 e. The highest BCUT2D eigenvalue weighted by atomic mass is 16.5. The maximum absolute atomic E-state index is 5.74. The van der Waals surface area contributed by atoms with Crippen LogP contribution in [0.3, 0.4) is 0 Å². The van der Waals surface area contributed by atoms with Gasteiger partial charge in [-0.3, -0.25) is 4.99 Å². The van der Waals surface area contributed by atoms with Crippen LogP contribution in [0.1, 0.15) is 38.5 Å². The number of nitrogens with one attached hydrogen (secondary N) is 1. The zero-order valence-electron chi connectivity index (χ0n) is 9.46. The fraction of sp³-hybridized carbons (Fsp3) is 0.909. The van der Waals surface area contributed by atoms with Gasteiger partial charge in [0.1, 0.15) is 0 Å². The molecule has 0 aromatic carbocycles. The number of methoxy groups -OCH3 is 1. The van der Waals surface area contributed by atoms with Crippen molar-refractivity contribution >= 4 is 5.96 Å². The molecule has 0 aromatic rings. The second-order valence-corrected chi connectivity index (χ2v) is 4.68. The topological polar surface area (TPSA) is 59.6 Å². The summed E-state index contributed by atoms with van der Waals surface area (Å²) in [5.74, 6) is 0.600. The quantitative estimate of drug-likeness (QED) is 0.527. The summed E-state index contributed by atoms with van der Waals surface area (Å²) < 4.78 is 5.52. The lowest BCUT2D eigenvalue weighted by Crippen LogP contribution is -2.40. The van der Waals surface area contributed by atoms with E-state index >= 15 is 0 Å². The molecule has 86 valence electrons. The third-order valence-electron chi connectivity index (χ3n) is 3.48. The standard InChI is InChI=1S/C11H21N3O/c1-15-11(5-2-6-11)7-8-13-10(12)14-9-3-4-9/h9H,2-8H2,1H3,(H3,12,13,14). The molecule has 0 unspecified atom stereocenters. The number of rotatable bonds is 5. The van der Waals surface area contributed by atoms with E-state index < -0.39 is 0 Å². The van der Waals surface area contributed by atoms with Crippen LogP contribution in [0.5, 0.6) is 0 Å². The fourth-order valence-electron chi connectivity index (χ4n) is 1.99. The van der Waals surface area contributed by atoms with Gasteiger partial charge in [-0.1, -0.05) is 0 Å². The molecule has 0 saturated heterocycles. The first-order valence-corrected chi connectivity index (χ1v) is 5.86. The Balaban J connectivity index is 1.67. The lowest BCUT2D eigenvalue weighted by atomic mass is 9.77. The van der Waals surface area contributed by atoms with Gasteiger partial charge in [0, 0.05) is 19.7 Å². The molecule has 15 heavy (non-hydrogen) atoms. The van der Waals surface area contributed by atoms with Crippen molar-refractivity contribution in [3.63, 3.8) is 0 Å². The van der Waals surface area contributed by atoms with Gasteiger partial charge in [0.15, 0.2) is 5.96 Å². The molecule has 0 bridgehead atoms. The Morgan fingerprint density at radius 2 is 2.27 bits per heavy atom. The third kappa shape index (κ3) is 2.84. The number of nitrogens with zero attached hydrogens (tertiary/aromatic N) is 1. The molecule has 0 atom stereocenters. The van der Waals surface area contributed by atoms with Gasteiger partial charge in [0.25, 0.3) is 0 Å². The molecule has 4 nitrogen and oxygen atoms in total. The van der Waals surface area contributed by atoms with E-state index in [-0.39, 0.29) is 5.60 Å². The summed E-state index contributed by atoms with van der Waals surface area (Å²) in [5, 5.41) is 3.18. The van der Waals surface area contributed by atoms with Crippen molar-refractivity contribution in [1.82, 2.24) is 5.32 Å². The normalized spacial score (nSPS) is 24.7. The summed E-state index contributed by atoms with van der Waals surface area (Å²) in [4.78, 5) is 4.32. The minimum atomic E-state index is 0.114. The summed E-state index contributed by atoms with van der Waals surface area (Å²) in [6, 6.07) is 0.592. The van der Waals surface area contributed by atoms with E-state index in [1.807, 2.05) is 0 Å². The summed E-state index contributed by atoms with van der Waals surface area (Å²) in [5.41, 5.74) is 5.86. The lowest BCUT2D eigenvalue weighted by Gasteiger charge is -2.40. The predicted octanol–water partition coefficient (Wildman–Crippen LogP) is 1.01. The molecule has 4 heteroatoms. The number of hydrogen-bond acceptors (Lipinski definition) is 2. The third-order valence-corrected chi connectivity index (χ3v) is 3.48. The van der Waals surface area contributed by atoms with Gasteiger partial charge in [0.2, 0.25) is 0 Å². The zero-order valence-corrected chi connectivity index (χ0v) is 9.46. The predicted molar refractivity (Wildman–Crippen MR) is 60.9 cm³/mol. The van der Waals surface area contributed by atoms with Gasteiger partial charge >= 0.3 is 0 Å². The maximum Gasteiger partial charge on any atom is 0.188 e. The first-order valence-electron chi connectivity index (χ1n) is 5.86. The van der Waals surface area contributed by atoms with Gasteiger partial charge in [-0.15, -0.1) is 0 Å². The maximum atomic E-state index is 5.74. The van der Waals surface area contributed by atoms with Crippen molar-refractivity contribution in [3.05, 3.63) is 0 Å². The number of guanidine groups is 1. The molecule has 2 rings (SSSR count). The van der Waals surface area contributed by atoms with Crippen molar-refractivity contribution in [3.8, 4) is 0 Å². The lowest BCUT2D eigenvalue weighted by molar-refractivity contribution is -0.0754. The Morgan fingerprint density at radius 3 is 2.73 bits per heavy atom. The molecule has 0 spiro atoms. The molecule has 0 heterocycles. The van der Waals surface area contributed by atoms with E-state index in [9.17, 15) is 0 Å². The Morgan fingerprint density at radius 1 is 1.53 bits per heavy atom. The van der Waals surface area contributed by atoms with E-state index in [0.717, 1.165) is 13.0 Å². The van der Waals surface area contributed by atoms with Gasteiger partial charge in [0.05, 0.1) is 5.60 Å². The second-order valence-electron chi connectivity index (χ2n) is 4.68.